The molecule has 6 heteroatoms. The van der Waals surface area contributed by atoms with Crippen molar-refractivity contribution < 1.29 is 18.0 Å². The van der Waals surface area contributed by atoms with Crippen molar-refractivity contribution in [3.8, 4) is 0 Å². The van der Waals surface area contributed by atoms with Gasteiger partial charge in [-0.3, -0.25) is 4.79 Å². The van der Waals surface area contributed by atoms with E-state index in [9.17, 15) is 18.0 Å². The fraction of sp³-hybridized carbons (Fsp3) is 0.500. The molecule has 0 heterocycles. The van der Waals surface area contributed by atoms with Crippen LogP contribution in [-0.4, -0.2) is 11.4 Å². The van der Waals surface area contributed by atoms with Crippen molar-refractivity contribution in [1.29, 1.82) is 0 Å². The van der Waals surface area contributed by atoms with Crippen LogP contribution in [0, 0.1) is 5.92 Å². The lowest BCUT2D eigenvalue weighted by Gasteiger charge is -2.26. The Balaban J connectivity index is 2.25. The van der Waals surface area contributed by atoms with Gasteiger partial charge in [-0.1, -0.05) is 0 Å². The minimum Gasteiger partial charge on any atom is -0.347 e. The quantitative estimate of drug-likeness (QED) is 0.861. The molecule has 1 aliphatic rings. The first kappa shape index (κ1) is 15.4. The minimum atomic E-state index is -4.46. The molecule has 1 fully saturated rings. The normalized spacial score (nSPS) is 16.1. The van der Waals surface area contributed by atoms with Gasteiger partial charge >= 0.3 is 6.18 Å². The molecule has 1 saturated carbocycles. The topological polar surface area (TPSA) is 29.1 Å². The highest BCUT2D eigenvalue weighted by molar-refractivity contribution is 9.10. The van der Waals surface area contributed by atoms with Crippen LogP contribution in [0.3, 0.4) is 0 Å². The van der Waals surface area contributed by atoms with Crippen LogP contribution in [-0.2, 0) is 6.18 Å². The van der Waals surface area contributed by atoms with E-state index in [-0.39, 0.29) is 5.56 Å². The Labute approximate surface area is 123 Å². The highest BCUT2D eigenvalue weighted by Gasteiger charge is 2.39. The molecule has 1 N–H and O–H groups in total. The van der Waals surface area contributed by atoms with Crippen molar-refractivity contribution in [2.75, 3.05) is 0 Å². The highest BCUT2D eigenvalue weighted by Crippen LogP contribution is 2.39. The summed E-state index contributed by atoms with van der Waals surface area (Å²) < 4.78 is 38.4. The number of carbonyl (C=O) groups is 1. The van der Waals surface area contributed by atoms with E-state index in [4.69, 9.17) is 0 Å². The smallest absolute Gasteiger partial charge is 0.347 e. The number of halogens is 4. The van der Waals surface area contributed by atoms with Crippen molar-refractivity contribution in [1.82, 2.24) is 5.32 Å². The standard InChI is InChI=1S/C14H15BrF3NO/c1-13(2,8-3-4-8)19-12(20)10-7-9(14(16,17)18)5-6-11(10)15/h5-8H,3-4H2,1-2H3,(H,19,20). The summed E-state index contributed by atoms with van der Waals surface area (Å²) in [5.74, 6) is -0.0871. The summed E-state index contributed by atoms with van der Waals surface area (Å²) in [6.45, 7) is 3.79. The maximum Gasteiger partial charge on any atom is 0.416 e. The summed E-state index contributed by atoms with van der Waals surface area (Å²) in [7, 11) is 0. The van der Waals surface area contributed by atoms with Crippen molar-refractivity contribution in [3.05, 3.63) is 33.8 Å². The number of amides is 1. The van der Waals surface area contributed by atoms with Crippen molar-refractivity contribution >= 4 is 21.8 Å². The lowest BCUT2D eigenvalue weighted by Crippen LogP contribution is -2.45. The Bertz CT molecular complexity index is 536. The molecule has 1 aliphatic carbocycles. The summed E-state index contributed by atoms with van der Waals surface area (Å²) in [5, 5.41) is 2.82. The molecule has 1 amide bonds. The van der Waals surface area contributed by atoms with Crippen LogP contribution in [0.25, 0.3) is 0 Å². The molecule has 1 aromatic carbocycles. The number of alkyl halides is 3. The number of hydrogen-bond acceptors (Lipinski definition) is 1. The molecule has 0 bridgehead atoms. The van der Waals surface area contributed by atoms with Gasteiger partial charge in [-0.2, -0.15) is 13.2 Å². The second-order valence-electron chi connectivity index (χ2n) is 5.64. The predicted octanol–water partition coefficient (Wildman–Crippen LogP) is 4.39. The molecule has 1 aromatic rings. The summed E-state index contributed by atoms with van der Waals surface area (Å²) >= 11 is 3.13. The second-order valence-corrected chi connectivity index (χ2v) is 6.50. The van der Waals surface area contributed by atoms with E-state index in [0.717, 1.165) is 25.0 Å². The molecule has 0 aliphatic heterocycles. The summed E-state index contributed by atoms with van der Waals surface area (Å²) in [6.07, 6.45) is -2.38. The summed E-state index contributed by atoms with van der Waals surface area (Å²) in [4.78, 5) is 12.2. The first-order valence-electron chi connectivity index (χ1n) is 6.30. The van der Waals surface area contributed by atoms with Gasteiger partial charge in [0.15, 0.2) is 0 Å². The number of nitrogens with one attached hydrogen (secondary N) is 1. The maximum atomic E-state index is 12.7. The largest absolute Gasteiger partial charge is 0.416 e. The van der Waals surface area contributed by atoms with E-state index in [1.807, 2.05) is 13.8 Å². The molecular weight excluding hydrogens is 335 g/mol. The average Bonchev–Trinajstić information content (AvgIpc) is 3.10. The third kappa shape index (κ3) is 3.34. The van der Waals surface area contributed by atoms with Gasteiger partial charge in [0, 0.05) is 10.0 Å². The molecule has 0 radical (unpaired) electrons. The zero-order valence-electron chi connectivity index (χ0n) is 11.1. The molecule has 20 heavy (non-hydrogen) atoms. The average molecular weight is 350 g/mol. The monoisotopic (exact) mass is 349 g/mol. The Morgan fingerprint density at radius 2 is 1.90 bits per heavy atom. The summed E-state index contributed by atoms with van der Waals surface area (Å²) in [5.41, 5.74) is -1.21. The van der Waals surface area contributed by atoms with Gasteiger partial charge in [-0.05, 0) is 66.7 Å². The summed E-state index contributed by atoms with van der Waals surface area (Å²) in [6, 6.07) is 3.08. The minimum absolute atomic E-state index is 0.00792. The lowest BCUT2D eigenvalue weighted by atomic mass is 9.98. The van der Waals surface area contributed by atoms with Crippen LogP contribution < -0.4 is 5.32 Å². The maximum absolute atomic E-state index is 12.7. The SMILES string of the molecule is CC(C)(NC(=O)c1cc(C(F)(F)F)ccc1Br)C1CC1. The van der Waals surface area contributed by atoms with Crippen LogP contribution in [0.1, 0.15) is 42.6 Å². The molecule has 0 saturated heterocycles. The highest BCUT2D eigenvalue weighted by atomic mass is 79.9. The van der Waals surface area contributed by atoms with E-state index < -0.39 is 23.2 Å². The van der Waals surface area contributed by atoms with Crippen molar-refractivity contribution in [2.24, 2.45) is 5.92 Å². The number of rotatable bonds is 3. The van der Waals surface area contributed by atoms with Crippen molar-refractivity contribution in [3.63, 3.8) is 0 Å². The lowest BCUT2D eigenvalue weighted by molar-refractivity contribution is -0.137. The molecule has 0 atom stereocenters. The third-order valence-electron chi connectivity index (χ3n) is 3.57. The van der Waals surface area contributed by atoms with Crippen LogP contribution >= 0.6 is 15.9 Å². The van der Waals surface area contributed by atoms with Crippen LogP contribution in [0.15, 0.2) is 22.7 Å². The molecule has 0 unspecified atom stereocenters. The Hall–Kier alpha value is -1.04. The zero-order chi connectivity index (χ0) is 15.1. The van der Waals surface area contributed by atoms with Crippen LogP contribution in [0.4, 0.5) is 13.2 Å². The zero-order valence-corrected chi connectivity index (χ0v) is 12.7. The molecule has 2 rings (SSSR count). The molecule has 2 nitrogen and oxygen atoms in total. The predicted molar refractivity (Wildman–Crippen MR) is 73.4 cm³/mol. The third-order valence-corrected chi connectivity index (χ3v) is 4.26. The first-order chi connectivity index (χ1) is 9.11. The van der Waals surface area contributed by atoms with Gasteiger partial charge < -0.3 is 5.32 Å². The Morgan fingerprint density at radius 1 is 1.30 bits per heavy atom. The molecular formula is C14H15BrF3NO. The van der Waals surface area contributed by atoms with E-state index in [1.165, 1.54) is 6.07 Å². The molecule has 110 valence electrons. The van der Waals surface area contributed by atoms with E-state index in [2.05, 4.69) is 21.2 Å². The van der Waals surface area contributed by atoms with Gasteiger partial charge in [0.2, 0.25) is 0 Å². The van der Waals surface area contributed by atoms with Crippen molar-refractivity contribution in [2.45, 2.75) is 38.4 Å². The van der Waals surface area contributed by atoms with Gasteiger partial charge in [-0.25, -0.2) is 0 Å². The second kappa shape index (κ2) is 5.06. The first-order valence-corrected chi connectivity index (χ1v) is 7.10. The van der Waals surface area contributed by atoms with E-state index in [0.29, 0.717) is 10.4 Å². The number of benzene rings is 1. The molecule has 0 spiro atoms. The number of hydrogen-bond donors (Lipinski definition) is 1. The fourth-order valence-electron chi connectivity index (χ4n) is 2.14. The van der Waals surface area contributed by atoms with E-state index in [1.54, 1.807) is 0 Å². The van der Waals surface area contributed by atoms with Crippen LogP contribution in [0.5, 0.6) is 0 Å². The van der Waals surface area contributed by atoms with Crippen LogP contribution in [0.2, 0.25) is 0 Å². The number of carbonyl (C=O) groups excluding carboxylic acids is 1. The van der Waals surface area contributed by atoms with Gasteiger partial charge in [0.1, 0.15) is 0 Å². The Morgan fingerprint density at radius 3 is 2.40 bits per heavy atom. The molecule has 0 aromatic heterocycles. The van der Waals surface area contributed by atoms with Gasteiger partial charge in [-0.15, -0.1) is 0 Å². The van der Waals surface area contributed by atoms with E-state index >= 15 is 0 Å². The van der Waals surface area contributed by atoms with Gasteiger partial charge in [0.25, 0.3) is 5.91 Å². The fourth-order valence-corrected chi connectivity index (χ4v) is 2.57. The Kier molecular flexibility index (Phi) is 3.88. The van der Waals surface area contributed by atoms with Gasteiger partial charge in [0.05, 0.1) is 11.1 Å².